The molecule has 3 saturated carbocycles. The molecule has 0 spiro atoms. The molecule has 0 unspecified atom stereocenters. The normalized spacial score (nSPS) is 33.2. The Labute approximate surface area is 226 Å². The molecule has 0 aliphatic heterocycles. The van der Waals surface area contributed by atoms with Gasteiger partial charge >= 0.3 is 0 Å². The van der Waals surface area contributed by atoms with Gasteiger partial charge in [-0.3, -0.25) is 4.79 Å². The molecule has 3 aliphatic carbocycles. The number of nitrogens with zero attached hydrogens (tertiary/aromatic N) is 3. The van der Waals surface area contributed by atoms with Crippen LogP contribution >= 0.6 is 11.6 Å². The monoisotopic (exact) mass is 529 g/mol. The van der Waals surface area contributed by atoms with Gasteiger partial charge in [0.1, 0.15) is 12.1 Å². The van der Waals surface area contributed by atoms with Crippen molar-refractivity contribution in [3.05, 3.63) is 23.2 Å². The van der Waals surface area contributed by atoms with Gasteiger partial charge in [-0.2, -0.15) is 0 Å². The summed E-state index contributed by atoms with van der Waals surface area (Å²) >= 11 is 6.27. The minimum atomic E-state index is -0.574. The lowest BCUT2D eigenvalue weighted by atomic mass is 9.53. The molecule has 5 rings (SSSR count). The summed E-state index contributed by atoms with van der Waals surface area (Å²) in [7, 11) is 1.74. The number of ether oxygens (including phenoxy) is 1. The zero-order chi connectivity index (χ0) is 26.2. The highest BCUT2D eigenvalue weighted by Gasteiger charge is 2.56. The summed E-state index contributed by atoms with van der Waals surface area (Å²) in [5.41, 5.74) is 1.01. The number of rotatable bonds is 10. The zero-order valence-electron chi connectivity index (χ0n) is 22.8. The molecule has 204 valence electrons. The molecule has 0 bridgehead atoms. The number of carbonyl (C=O) groups excluding carboxylic acids is 1. The van der Waals surface area contributed by atoms with Crippen LogP contribution in [0.15, 0.2) is 18.2 Å². The molecule has 37 heavy (non-hydrogen) atoms. The van der Waals surface area contributed by atoms with E-state index in [1.807, 2.05) is 25.1 Å². The lowest BCUT2D eigenvalue weighted by Crippen LogP contribution is -2.46. The molecule has 1 heterocycles. The smallest absolute Gasteiger partial charge is 0.157 e. The summed E-state index contributed by atoms with van der Waals surface area (Å²) in [6, 6.07) is 5.64. The maximum atomic E-state index is 13.6. The maximum Gasteiger partial charge on any atom is 0.157 e. The minimum Gasteiger partial charge on any atom is -0.390 e. The number of hydrogen-bond acceptors (Lipinski definition) is 5. The summed E-state index contributed by atoms with van der Waals surface area (Å²) in [5.74, 6) is 3.13. The van der Waals surface area contributed by atoms with Crippen molar-refractivity contribution >= 4 is 28.4 Å². The molecule has 2 aromatic rings. The Morgan fingerprint density at radius 3 is 2.89 bits per heavy atom. The van der Waals surface area contributed by atoms with Gasteiger partial charge in [0.05, 0.1) is 16.1 Å². The quantitative estimate of drug-likeness (QED) is 0.357. The second-order valence-electron chi connectivity index (χ2n) is 12.9. The predicted octanol–water partition coefficient (Wildman–Crippen LogP) is 6.47. The molecule has 0 radical (unpaired) electrons. The lowest BCUT2D eigenvalue weighted by Gasteiger charge is -2.52. The highest BCUT2D eigenvalue weighted by molar-refractivity contribution is 6.34. The summed E-state index contributed by atoms with van der Waals surface area (Å²) < 4.78 is 6.90. The SMILES string of the molecule is COCCCC[C@@](C)(O)C[C@@H]1CC[C@@H]2[C@H](CC[C@]3(C)[C@@H](C(=O)Cn4nnc5c(Cl)cccc54)CC[C@@H]23)C1. The summed E-state index contributed by atoms with van der Waals surface area (Å²) in [5, 5.41) is 20.1. The van der Waals surface area contributed by atoms with Crippen LogP contribution in [0.3, 0.4) is 0 Å². The minimum absolute atomic E-state index is 0.0892. The van der Waals surface area contributed by atoms with Crippen LogP contribution in [0.2, 0.25) is 5.02 Å². The first-order valence-corrected chi connectivity index (χ1v) is 14.8. The molecule has 1 aromatic heterocycles. The third-order valence-corrected chi connectivity index (χ3v) is 10.7. The highest BCUT2D eigenvalue weighted by Crippen LogP contribution is 2.62. The number of methoxy groups -OCH3 is 1. The lowest BCUT2D eigenvalue weighted by molar-refractivity contribution is -0.130. The molecule has 7 heteroatoms. The van der Waals surface area contributed by atoms with Crippen molar-refractivity contribution in [1.29, 1.82) is 0 Å². The van der Waals surface area contributed by atoms with Crippen LogP contribution in [-0.2, 0) is 16.1 Å². The van der Waals surface area contributed by atoms with E-state index in [-0.39, 0.29) is 17.9 Å². The fourth-order valence-electron chi connectivity index (χ4n) is 8.59. The van der Waals surface area contributed by atoms with Crippen molar-refractivity contribution in [3.8, 4) is 0 Å². The first-order valence-electron chi connectivity index (χ1n) is 14.4. The van der Waals surface area contributed by atoms with Gasteiger partial charge in [0, 0.05) is 19.6 Å². The van der Waals surface area contributed by atoms with Gasteiger partial charge in [0.25, 0.3) is 0 Å². The summed E-state index contributed by atoms with van der Waals surface area (Å²) in [6.07, 6.45) is 12.0. The molecule has 0 saturated heterocycles. The van der Waals surface area contributed by atoms with Crippen molar-refractivity contribution in [3.63, 3.8) is 0 Å². The second kappa shape index (κ2) is 10.9. The van der Waals surface area contributed by atoms with E-state index in [0.29, 0.717) is 28.2 Å². The number of hydrogen-bond donors (Lipinski definition) is 1. The number of fused-ring (bicyclic) bond motifs is 4. The number of aliphatic hydroxyl groups is 1. The van der Waals surface area contributed by atoms with Gasteiger partial charge in [0.15, 0.2) is 5.78 Å². The zero-order valence-corrected chi connectivity index (χ0v) is 23.6. The van der Waals surface area contributed by atoms with Gasteiger partial charge in [-0.05, 0) is 112 Å². The van der Waals surface area contributed by atoms with Crippen LogP contribution in [0.1, 0.15) is 84.5 Å². The van der Waals surface area contributed by atoms with E-state index in [4.69, 9.17) is 16.3 Å². The van der Waals surface area contributed by atoms with Crippen LogP contribution in [-0.4, -0.2) is 45.2 Å². The third kappa shape index (κ3) is 5.49. The largest absolute Gasteiger partial charge is 0.390 e. The second-order valence-corrected chi connectivity index (χ2v) is 13.3. The van der Waals surface area contributed by atoms with Crippen molar-refractivity contribution in [2.45, 2.75) is 96.6 Å². The molecule has 1 aromatic carbocycles. The fourth-order valence-corrected chi connectivity index (χ4v) is 8.80. The summed E-state index contributed by atoms with van der Waals surface area (Å²) in [4.78, 5) is 13.6. The average molecular weight is 530 g/mol. The van der Waals surface area contributed by atoms with E-state index in [2.05, 4.69) is 17.2 Å². The fraction of sp³-hybridized carbons (Fsp3) is 0.767. The van der Waals surface area contributed by atoms with Gasteiger partial charge in [-0.1, -0.05) is 36.2 Å². The van der Waals surface area contributed by atoms with Crippen molar-refractivity contribution in [1.82, 2.24) is 15.0 Å². The molecular weight excluding hydrogens is 486 g/mol. The molecule has 3 aliphatic rings. The van der Waals surface area contributed by atoms with Crippen LogP contribution in [0.4, 0.5) is 0 Å². The van der Waals surface area contributed by atoms with E-state index < -0.39 is 5.60 Å². The number of benzene rings is 1. The van der Waals surface area contributed by atoms with Gasteiger partial charge < -0.3 is 9.84 Å². The first kappa shape index (κ1) is 27.1. The molecule has 0 amide bonds. The summed E-state index contributed by atoms with van der Waals surface area (Å²) in [6.45, 7) is 5.48. The molecule has 3 fully saturated rings. The van der Waals surface area contributed by atoms with E-state index in [0.717, 1.165) is 62.5 Å². The number of halogens is 1. The Morgan fingerprint density at radius 1 is 1.24 bits per heavy atom. The average Bonchev–Trinajstić information content (AvgIpc) is 3.43. The number of ketones is 1. The molecular formula is C30H44ClN3O3. The van der Waals surface area contributed by atoms with E-state index >= 15 is 0 Å². The van der Waals surface area contributed by atoms with E-state index in [1.54, 1.807) is 11.8 Å². The Bertz CT molecular complexity index is 1100. The molecule has 7 atom stereocenters. The van der Waals surface area contributed by atoms with Crippen LogP contribution < -0.4 is 0 Å². The van der Waals surface area contributed by atoms with Gasteiger partial charge in [0.2, 0.25) is 0 Å². The molecule has 1 N–H and O–H groups in total. The Hall–Kier alpha value is -1.50. The van der Waals surface area contributed by atoms with Crippen LogP contribution in [0.25, 0.3) is 11.0 Å². The number of aromatic nitrogens is 3. The van der Waals surface area contributed by atoms with Gasteiger partial charge in [-0.15, -0.1) is 5.10 Å². The van der Waals surface area contributed by atoms with Crippen molar-refractivity contribution in [2.24, 2.45) is 35.0 Å². The maximum absolute atomic E-state index is 13.6. The third-order valence-electron chi connectivity index (χ3n) is 10.4. The van der Waals surface area contributed by atoms with Crippen molar-refractivity contribution in [2.75, 3.05) is 13.7 Å². The van der Waals surface area contributed by atoms with E-state index in [9.17, 15) is 9.90 Å². The Kier molecular flexibility index (Phi) is 8.00. The number of carbonyl (C=O) groups is 1. The first-order chi connectivity index (χ1) is 17.7. The number of Topliss-reactive ketones (excluding diaryl/α,β-unsaturated/α-hetero) is 1. The predicted molar refractivity (Wildman–Crippen MR) is 146 cm³/mol. The van der Waals surface area contributed by atoms with E-state index in [1.165, 1.54) is 32.1 Å². The topological polar surface area (TPSA) is 77.2 Å². The van der Waals surface area contributed by atoms with Gasteiger partial charge in [-0.25, -0.2) is 4.68 Å². The molecule has 6 nitrogen and oxygen atoms in total. The Morgan fingerprint density at radius 2 is 2.08 bits per heavy atom. The standard InChI is InChI=1S/C30H44ClN3O3/c1-29(36,14-4-5-16-37-3)18-20-9-10-22-21(17-20)13-15-30(2)23(22)11-12-24(30)27(35)19-34-26-8-6-7-25(31)28(26)32-33-34/h6-8,20-24,36H,4-5,9-19H2,1-3H3/t20-,21-,22-,23+,24-,29-,30+/m1/s1. The van der Waals surface area contributed by atoms with Crippen LogP contribution in [0.5, 0.6) is 0 Å². The Balaban J connectivity index is 1.20. The highest BCUT2D eigenvalue weighted by atomic mass is 35.5. The number of unbranched alkanes of at least 4 members (excludes halogenated alkanes) is 1. The van der Waals surface area contributed by atoms with Crippen LogP contribution in [0, 0.1) is 35.0 Å². The van der Waals surface area contributed by atoms with Crippen molar-refractivity contribution < 1.29 is 14.6 Å².